The molecule has 1 heterocycles. The van der Waals surface area contributed by atoms with Gasteiger partial charge in [-0.1, -0.05) is 6.07 Å². The minimum atomic E-state index is -1.24. The summed E-state index contributed by atoms with van der Waals surface area (Å²) in [4.78, 5) is 10.8. The first-order chi connectivity index (χ1) is 7.70. The summed E-state index contributed by atoms with van der Waals surface area (Å²) in [5.74, 6) is 5.42. The Labute approximate surface area is 91.3 Å². The smallest absolute Gasteiger partial charge is 0.426 e. The highest BCUT2D eigenvalue weighted by Gasteiger charge is 2.15. The number of nitrogens with zero attached hydrogens (tertiary/aromatic N) is 2. The highest BCUT2D eigenvalue weighted by atomic mass is 16.4. The van der Waals surface area contributed by atoms with Gasteiger partial charge in [0.1, 0.15) is 0 Å². The van der Waals surface area contributed by atoms with Crippen LogP contribution in [0.2, 0.25) is 0 Å². The minimum absolute atomic E-state index is 0.335. The highest BCUT2D eigenvalue weighted by molar-refractivity contribution is 5.90. The van der Waals surface area contributed by atoms with Crippen molar-refractivity contribution in [1.82, 2.24) is 10.2 Å². The molecule has 0 aliphatic rings. The molecule has 81 valence electrons. The molecule has 6 heteroatoms. The number of carboxylic acid groups (broad SMARTS) is 1. The Morgan fingerprint density at radius 2 is 2.38 bits per heavy atom. The van der Waals surface area contributed by atoms with E-state index >= 15 is 0 Å². The zero-order valence-corrected chi connectivity index (χ0v) is 8.21. The summed E-state index contributed by atoms with van der Waals surface area (Å²) in [5, 5.41) is 16.1. The molecule has 0 fully saturated rings. The van der Waals surface area contributed by atoms with Gasteiger partial charge in [-0.25, -0.2) is 15.6 Å². The number of benzene rings is 1. The zero-order valence-electron chi connectivity index (χ0n) is 8.21. The molecule has 0 unspecified atom stereocenters. The van der Waals surface area contributed by atoms with Gasteiger partial charge in [-0.3, -0.25) is 5.10 Å². The third-order valence-corrected chi connectivity index (χ3v) is 2.08. The zero-order chi connectivity index (χ0) is 11.5. The van der Waals surface area contributed by atoms with Crippen molar-refractivity contribution in [2.24, 2.45) is 5.84 Å². The van der Waals surface area contributed by atoms with Gasteiger partial charge in [0.05, 0.1) is 11.4 Å². The average molecular weight is 217 g/mol. The molecule has 0 aliphatic carbocycles. The molecule has 1 aromatic carbocycles. The van der Waals surface area contributed by atoms with Crippen LogP contribution >= 0.6 is 0 Å². The van der Waals surface area contributed by atoms with E-state index in [1.807, 2.05) is 0 Å². The van der Waals surface area contributed by atoms with Crippen molar-refractivity contribution < 1.29 is 9.90 Å². The van der Waals surface area contributed by atoms with Crippen molar-refractivity contribution in [2.45, 2.75) is 0 Å². The van der Waals surface area contributed by atoms with Gasteiger partial charge in [-0.2, -0.15) is 5.10 Å². The Morgan fingerprint density at radius 1 is 1.56 bits per heavy atom. The largest absolute Gasteiger partial charge is 0.464 e. The molecule has 0 aliphatic heterocycles. The van der Waals surface area contributed by atoms with Crippen LogP contribution in [0.1, 0.15) is 0 Å². The molecule has 0 atom stereocenters. The van der Waals surface area contributed by atoms with E-state index in [9.17, 15) is 4.79 Å². The van der Waals surface area contributed by atoms with Gasteiger partial charge in [0.15, 0.2) is 0 Å². The van der Waals surface area contributed by atoms with Crippen LogP contribution in [-0.4, -0.2) is 21.4 Å². The number of nitrogens with one attached hydrogen (secondary N) is 1. The molecule has 2 aromatic rings. The van der Waals surface area contributed by atoms with Gasteiger partial charge in [0, 0.05) is 11.8 Å². The van der Waals surface area contributed by atoms with Crippen molar-refractivity contribution >= 4 is 11.8 Å². The maximum absolute atomic E-state index is 10.8. The van der Waals surface area contributed by atoms with Crippen LogP contribution in [0.25, 0.3) is 11.3 Å². The Hall–Kier alpha value is -2.34. The number of anilines is 1. The molecule has 0 bridgehead atoms. The van der Waals surface area contributed by atoms with E-state index in [0.29, 0.717) is 22.0 Å². The molecule has 0 spiro atoms. The second-order valence-electron chi connectivity index (χ2n) is 3.06. The van der Waals surface area contributed by atoms with Gasteiger partial charge in [-0.15, -0.1) is 0 Å². The lowest BCUT2D eigenvalue weighted by molar-refractivity contribution is 0.202. The van der Waals surface area contributed by atoms with E-state index in [0.717, 1.165) is 0 Å². The molecule has 0 saturated carbocycles. The van der Waals surface area contributed by atoms with E-state index in [4.69, 9.17) is 10.9 Å². The molecule has 6 nitrogen and oxygen atoms in total. The summed E-state index contributed by atoms with van der Waals surface area (Å²) >= 11 is 0. The van der Waals surface area contributed by atoms with Gasteiger partial charge >= 0.3 is 6.09 Å². The average Bonchev–Trinajstić information content (AvgIpc) is 2.81. The van der Waals surface area contributed by atoms with Crippen molar-refractivity contribution in [1.29, 1.82) is 0 Å². The lowest BCUT2D eigenvalue weighted by Gasteiger charge is -2.15. The summed E-state index contributed by atoms with van der Waals surface area (Å²) in [6, 6.07) is 9.38. The van der Waals surface area contributed by atoms with Crippen LogP contribution in [0.15, 0.2) is 30.5 Å². The topological polar surface area (TPSA) is 95.2 Å². The SMILES string of the molecule is NN(C(=O)O)c1c[c]ccc1-c1cc[nH]n1. The Balaban J connectivity index is 2.50. The molecule has 4 N–H and O–H groups in total. The molecular formula is C10H9N4O2. The molecule has 1 radical (unpaired) electrons. The van der Waals surface area contributed by atoms with Crippen molar-refractivity contribution in [3.8, 4) is 11.3 Å². The Morgan fingerprint density at radius 3 is 3.00 bits per heavy atom. The first-order valence-electron chi connectivity index (χ1n) is 4.48. The maximum atomic E-state index is 10.8. The van der Waals surface area contributed by atoms with Gasteiger partial charge in [-0.05, 0) is 24.3 Å². The van der Waals surface area contributed by atoms with Crippen molar-refractivity contribution in [3.63, 3.8) is 0 Å². The number of nitrogens with two attached hydrogens (primary N) is 1. The molecule has 0 saturated heterocycles. The fourth-order valence-electron chi connectivity index (χ4n) is 1.35. The number of aromatic amines is 1. The standard InChI is InChI=1S/C10H9N4O2/c11-14(10(15)16)9-4-2-1-3-7(9)8-5-6-12-13-8/h1,3-6H,11H2,(H,12,13)(H,15,16). The highest BCUT2D eigenvalue weighted by Crippen LogP contribution is 2.27. The van der Waals surface area contributed by atoms with Crippen LogP contribution in [0.5, 0.6) is 0 Å². The second-order valence-corrected chi connectivity index (χ2v) is 3.06. The number of carbonyl (C=O) groups is 1. The predicted molar refractivity (Wildman–Crippen MR) is 57.6 cm³/mol. The normalized spacial score (nSPS) is 10.1. The molecule has 16 heavy (non-hydrogen) atoms. The van der Waals surface area contributed by atoms with E-state index in [2.05, 4.69) is 16.3 Å². The summed E-state index contributed by atoms with van der Waals surface area (Å²) in [7, 11) is 0. The molecular weight excluding hydrogens is 208 g/mol. The summed E-state index contributed by atoms with van der Waals surface area (Å²) < 4.78 is 0. The first-order valence-corrected chi connectivity index (χ1v) is 4.48. The lowest BCUT2D eigenvalue weighted by Crippen LogP contribution is -2.36. The number of amides is 1. The quantitative estimate of drug-likeness (QED) is 0.400. The summed E-state index contributed by atoms with van der Waals surface area (Å²) in [5.41, 5.74) is 1.59. The number of hydrogen-bond acceptors (Lipinski definition) is 3. The van der Waals surface area contributed by atoms with Crippen LogP contribution < -0.4 is 10.9 Å². The fourth-order valence-corrected chi connectivity index (χ4v) is 1.35. The number of hydrazine groups is 1. The lowest BCUT2D eigenvalue weighted by atomic mass is 10.1. The first kappa shape index (κ1) is 10.2. The predicted octanol–water partition coefficient (Wildman–Crippen LogP) is 1.23. The second kappa shape index (κ2) is 4.03. The Bertz CT molecular complexity index is 495. The molecule has 1 aromatic heterocycles. The van der Waals surface area contributed by atoms with E-state index in [-0.39, 0.29) is 0 Å². The summed E-state index contributed by atoms with van der Waals surface area (Å²) in [6.07, 6.45) is 0.411. The monoisotopic (exact) mass is 217 g/mol. The fraction of sp³-hybridized carbons (Fsp3) is 0. The van der Waals surface area contributed by atoms with E-state index < -0.39 is 6.09 Å². The number of aromatic nitrogens is 2. The van der Waals surface area contributed by atoms with Gasteiger partial charge in [0.2, 0.25) is 0 Å². The molecule has 2 rings (SSSR count). The van der Waals surface area contributed by atoms with Crippen molar-refractivity contribution in [2.75, 3.05) is 5.01 Å². The van der Waals surface area contributed by atoms with Crippen molar-refractivity contribution in [3.05, 3.63) is 36.5 Å². The van der Waals surface area contributed by atoms with Gasteiger partial charge in [0.25, 0.3) is 0 Å². The third kappa shape index (κ3) is 1.73. The third-order valence-electron chi connectivity index (χ3n) is 2.08. The summed E-state index contributed by atoms with van der Waals surface area (Å²) in [6.45, 7) is 0. The molecule has 1 amide bonds. The van der Waals surface area contributed by atoms with Crippen LogP contribution in [-0.2, 0) is 0 Å². The maximum Gasteiger partial charge on any atom is 0.426 e. The number of rotatable bonds is 2. The Kier molecular flexibility index (Phi) is 2.57. The van der Waals surface area contributed by atoms with Crippen LogP contribution in [0.3, 0.4) is 0 Å². The van der Waals surface area contributed by atoms with Crippen LogP contribution in [0.4, 0.5) is 10.5 Å². The van der Waals surface area contributed by atoms with E-state index in [1.165, 1.54) is 6.07 Å². The van der Waals surface area contributed by atoms with Gasteiger partial charge < -0.3 is 5.11 Å². The van der Waals surface area contributed by atoms with E-state index in [1.54, 1.807) is 24.4 Å². The number of H-pyrrole nitrogens is 1. The number of hydrogen-bond donors (Lipinski definition) is 3. The minimum Gasteiger partial charge on any atom is -0.464 e. The van der Waals surface area contributed by atoms with Crippen LogP contribution in [0, 0.1) is 6.07 Å².